The van der Waals surface area contributed by atoms with Crippen LogP contribution in [-0.4, -0.2) is 49.5 Å². The lowest BCUT2D eigenvalue weighted by Crippen LogP contribution is -2.37. The van der Waals surface area contributed by atoms with Crippen molar-refractivity contribution in [2.24, 2.45) is 0 Å². The van der Waals surface area contributed by atoms with Gasteiger partial charge in [-0.2, -0.15) is 0 Å². The summed E-state index contributed by atoms with van der Waals surface area (Å²) in [5, 5.41) is 2.61. The van der Waals surface area contributed by atoms with Crippen molar-refractivity contribution in [3.8, 4) is 5.19 Å². The van der Waals surface area contributed by atoms with Crippen molar-refractivity contribution in [2.45, 2.75) is 50.5 Å². The molecule has 0 spiro atoms. The maximum Gasteiger partial charge on any atom is 0.413 e. The first-order valence-electron chi connectivity index (χ1n) is 10.9. The van der Waals surface area contributed by atoms with Gasteiger partial charge in [0.25, 0.3) is 5.19 Å². The van der Waals surface area contributed by atoms with Crippen LogP contribution in [0, 0.1) is 0 Å². The van der Waals surface area contributed by atoms with Crippen molar-refractivity contribution in [1.82, 2.24) is 9.88 Å². The molecule has 0 radical (unpaired) electrons. The number of carbonyl (C=O) groups is 1. The van der Waals surface area contributed by atoms with Crippen LogP contribution in [0.1, 0.15) is 55.7 Å². The summed E-state index contributed by atoms with van der Waals surface area (Å²) < 4.78 is 16.7. The van der Waals surface area contributed by atoms with Crippen LogP contribution in [0.5, 0.6) is 5.19 Å². The Labute approximate surface area is 187 Å². The number of nitrogens with zero attached hydrogens (tertiary/aromatic N) is 2. The largest absolute Gasteiger partial charge is 0.473 e. The van der Waals surface area contributed by atoms with Gasteiger partial charge in [-0.25, -0.2) is 9.78 Å². The van der Waals surface area contributed by atoms with E-state index in [4.69, 9.17) is 14.2 Å². The van der Waals surface area contributed by atoms with Gasteiger partial charge in [-0.3, -0.25) is 4.90 Å². The monoisotopic (exact) mass is 442 g/mol. The molecule has 7 heteroatoms. The molecule has 0 bridgehead atoms. The highest BCUT2D eigenvalue weighted by molar-refractivity contribution is 7.11. The molecular weight excluding hydrogens is 412 g/mol. The van der Waals surface area contributed by atoms with E-state index in [-0.39, 0.29) is 12.2 Å². The minimum atomic E-state index is -0.342. The third kappa shape index (κ3) is 5.10. The van der Waals surface area contributed by atoms with E-state index >= 15 is 0 Å². The topological polar surface area (TPSA) is 60.9 Å². The molecule has 4 rings (SSSR count). The molecule has 0 unspecified atom stereocenters. The molecular formula is C24H30N2O4S. The lowest BCUT2D eigenvalue weighted by molar-refractivity contribution is 0.0276. The zero-order valence-corrected chi connectivity index (χ0v) is 19.0. The van der Waals surface area contributed by atoms with Crippen LogP contribution in [-0.2, 0) is 9.47 Å². The molecule has 2 aromatic rings. The second kappa shape index (κ2) is 10.3. The average Bonchev–Trinajstić information content (AvgIpc) is 3.32. The summed E-state index contributed by atoms with van der Waals surface area (Å²) in [4.78, 5) is 18.7. The van der Waals surface area contributed by atoms with E-state index in [0.717, 1.165) is 55.5 Å². The predicted molar refractivity (Wildman–Crippen MR) is 121 cm³/mol. The first-order valence-corrected chi connectivity index (χ1v) is 11.8. The number of benzene rings is 1. The summed E-state index contributed by atoms with van der Waals surface area (Å²) >= 11 is 1.46. The Morgan fingerprint density at radius 3 is 2.61 bits per heavy atom. The molecule has 2 aliphatic rings. The Morgan fingerprint density at radius 2 is 1.94 bits per heavy atom. The normalized spacial score (nSPS) is 21.8. The molecule has 2 heterocycles. The Kier molecular flexibility index (Phi) is 7.25. The number of hydrogen-bond donors (Lipinski definition) is 0. The molecule has 6 nitrogen and oxygen atoms in total. The van der Waals surface area contributed by atoms with Crippen molar-refractivity contribution in [1.29, 1.82) is 0 Å². The van der Waals surface area contributed by atoms with E-state index in [1.165, 1.54) is 24.0 Å². The highest BCUT2D eigenvalue weighted by atomic mass is 32.1. The molecule has 1 aliphatic carbocycles. The lowest BCUT2D eigenvalue weighted by Gasteiger charge is -2.33. The molecule has 1 fully saturated rings. The molecule has 1 amide bonds. The van der Waals surface area contributed by atoms with Crippen LogP contribution in [0.4, 0.5) is 4.79 Å². The van der Waals surface area contributed by atoms with E-state index in [1.54, 1.807) is 12.0 Å². The third-order valence-electron chi connectivity index (χ3n) is 6.25. The number of rotatable bonds is 6. The zero-order valence-electron chi connectivity index (χ0n) is 18.2. The maximum absolute atomic E-state index is 12.4. The Morgan fingerprint density at radius 1 is 1.16 bits per heavy atom. The lowest BCUT2D eigenvalue weighted by atomic mass is 9.83. The van der Waals surface area contributed by atoms with Crippen molar-refractivity contribution in [2.75, 3.05) is 27.4 Å². The molecule has 1 saturated carbocycles. The van der Waals surface area contributed by atoms with Crippen LogP contribution < -0.4 is 4.74 Å². The fourth-order valence-electron chi connectivity index (χ4n) is 4.58. The van der Waals surface area contributed by atoms with Gasteiger partial charge >= 0.3 is 6.09 Å². The number of amides is 1. The van der Waals surface area contributed by atoms with Crippen molar-refractivity contribution >= 4 is 23.0 Å². The van der Waals surface area contributed by atoms with Gasteiger partial charge in [-0.1, -0.05) is 41.7 Å². The van der Waals surface area contributed by atoms with Gasteiger partial charge in [-0.15, -0.1) is 0 Å². The van der Waals surface area contributed by atoms with Crippen molar-refractivity contribution < 1.29 is 19.0 Å². The SMILES string of the molecule is COC(=O)N1CCCC(c2csc(OC)n2)=C1COC1CCC(c2ccccc2)CC1. The molecule has 1 aromatic heterocycles. The number of methoxy groups -OCH3 is 2. The highest BCUT2D eigenvalue weighted by Gasteiger charge is 2.30. The van der Waals surface area contributed by atoms with Gasteiger partial charge in [0, 0.05) is 17.5 Å². The van der Waals surface area contributed by atoms with Gasteiger partial charge < -0.3 is 14.2 Å². The Balaban J connectivity index is 1.46. The summed E-state index contributed by atoms with van der Waals surface area (Å²) in [7, 11) is 3.04. The second-order valence-corrected chi connectivity index (χ2v) is 8.87. The van der Waals surface area contributed by atoms with Crippen LogP contribution >= 0.6 is 11.3 Å². The zero-order chi connectivity index (χ0) is 21.6. The number of thiazole rings is 1. The fraction of sp³-hybridized carbons (Fsp3) is 0.500. The molecule has 0 N–H and O–H groups in total. The van der Waals surface area contributed by atoms with E-state index in [9.17, 15) is 4.79 Å². The Bertz CT molecular complexity index is 903. The fourth-order valence-corrected chi connectivity index (χ4v) is 5.24. The summed E-state index contributed by atoms with van der Waals surface area (Å²) in [5.74, 6) is 0.611. The molecule has 0 atom stereocenters. The van der Waals surface area contributed by atoms with Crippen molar-refractivity contribution in [3.05, 3.63) is 52.7 Å². The maximum atomic E-state index is 12.4. The minimum Gasteiger partial charge on any atom is -0.473 e. The van der Waals surface area contributed by atoms with Crippen LogP contribution in [0.2, 0.25) is 0 Å². The first kappa shape index (κ1) is 21.8. The van der Waals surface area contributed by atoms with Crippen LogP contribution in [0.25, 0.3) is 5.57 Å². The van der Waals surface area contributed by atoms with E-state index in [2.05, 4.69) is 35.3 Å². The van der Waals surface area contributed by atoms with Crippen LogP contribution in [0.3, 0.4) is 0 Å². The summed E-state index contributed by atoms with van der Waals surface area (Å²) in [6.45, 7) is 1.03. The van der Waals surface area contributed by atoms with Gasteiger partial charge in [0.2, 0.25) is 0 Å². The third-order valence-corrected chi connectivity index (χ3v) is 7.05. The van der Waals surface area contributed by atoms with Gasteiger partial charge in [0.1, 0.15) is 0 Å². The van der Waals surface area contributed by atoms with Gasteiger partial charge in [0.05, 0.1) is 38.3 Å². The standard InChI is InChI=1S/C24H30N2O4S/c1-28-23-25-21(16-31-23)20-9-6-14-26(24(27)29-2)22(20)15-30-19-12-10-18(11-13-19)17-7-4-3-5-8-17/h3-5,7-8,16,18-19H,6,9-15H2,1-2H3. The minimum absolute atomic E-state index is 0.208. The van der Waals surface area contributed by atoms with E-state index < -0.39 is 0 Å². The summed E-state index contributed by atoms with van der Waals surface area (Å²) in [6.07, 6.45) is 5.92. The first-order chi connectivity index (χ1) is 15.2. The number of ether oxygens (including phenoxy) is 3. The molecule has 1 aliphatic heterocycles. The molecule has 31 heavy (non-hydrogen) atoms. The van der Waals surface area contributed by atoms with E-state index in [1.807, 2.05) is 5.38 Å². The smallest absolute Gasteiger partial charge is 0.413 e. The average molecular weight is 443 g/mol. The summed E-state index contributed by atoms with van der Waals surface area (Å²) in [6, 6.07) is 10.7. The van der Waals surface area contributed by atoms with Crippen LogP contribution in [0.15, 0.2) is 41.4 Å². The second-order valence-electron chi connectivity index (χ2n) is 8.05. The molecule has 1 aromatic carbocycles. The predicted octanol–water partition coefficient (Wildman–Crippen LogP) is 5.47. The molecule has 166 valence electrons. The highest BCUT2D eigenvalue weighted by Crippen LogP contribution is 2.36. The number of carbonyl (C=O) groups excluding carboxylic acids is 1. The van der Waals surface area contributed by atoms with Crippen molar-refractivity contribution in [3.63, 3.8) is 0 Å². The number of hydrogen-bond acceptors (Lipinski definition) is 6. The van der Waals surface area contributed by atoms with E-state index in [0.29, 0.717) is 24.3 Å². The number of aromatic nitrogens is 1. The quantitative estimate of drug-likeness (QED) is 0.594. The van der Waals surface area contributed by atoms with Gasteiger partial charge in [0.15, 0.2) is 0 Å². The summed E-state index contributed by atoms with van der Waals surface area (Å²) in [5.41, 5.74) is 4.21. The molecule has 0 saturated heterocycles. The Hall–Kier alpha value is -2.38. The number of allylic oxidation sites excluding steroid dienone is 1. The van der Waals surface area contributed by atoms with Gasteiger partial charge in [-0.05, 0) is 50.0 Å².